The maximum absolute atomic E-state index is 12.7. The second kappa shape index (κ2) is 4.81. The number of H-pyrrole nitrogens is 1. The molecular formula is C19H16N2O2. The predicted molar refractivity (Wildman–Crippen MR) is 91.0 cm³/mol. The van der Waals surface area contributed by atoms with E-state index in [1.807, 2.05) is 36.4 Å². The zero-order chi connectivity index (χ0) is 16.1. The third-order valence-corrected chi connectivity index (χ3v) is 4.30. The van der Waals surface area contributed by atoms with Crippen LogP contribution in [0.5, 0.6) is 5.88 Å². The number of aromatic amines is 1. The van der Waals surface area contributed by atoms with Gasteiger partial charge in [-0.2, -0.15) is 0 Å². The van der Waals surface area contributed by atoms with Crippen molar-refractivity contribution in [1.82, 2.24) is 4.98 Å². The molecule has 4 rings (SSSR count). The second-order valence-electron chi connectivity index (χ2n) is 6.12. The number of ketones is 1. The van der Waals surface area contributed by atoms with Crippen LogP contribution in [0.15, 0.2) is 47.5 Å². The van der Waals surface area contributed by atoms with Crippen molar-refractivity contribution in [3.8, 4) is 5.88 Å². The van der Waals surface area contributed by atoms with Crippen LogP contribution in [0.3, 0.4) is 0 Å². The SMILES string of the molecule is CC(C)c1ccc2[nH]c(O)c(C3=Nc4ccccc4C3=O)c2c1. The van der Waals surface area contributed by atoms with Crippen LogP contribution in [0, 0.1) is 0 Å². The van der Waals surface area contributed by atoms with Gasteiger partial charge in [-0.1, -0.05) is 32.0 Å². The summed E-state index contributed by atoms with van der Waals surface area (Å²) < 4.78 is 0. The van der Waals surface area contributed by atoms with Crippen LogP contribution < -0.4 is 0 Å². The van der Waals surface area contributed by atoms with Crippen molar-refractivity contribution in [2.45, 2.75) is 19.8 Å². The number of hydrogen-bond acceptors (Lipinski definition) is 3. The standard InChI is InChI=1S/C19H16N2O2/c1-10(2)11-7-8-15-13(9-11)16(19(23)21-15)17-18(22)12-5-3-4-6-14(12)20-17/h3-10,21,23H,1-2H3. The lowest BCUT2D eigenvalue weighted by Gasteiger charge is -2.05. The molecule has 0 aliphatic carbocycles. The number of aliphatic imine (C=N–C) groups is 1. The number of hydrogen-bond donors (Lipinski definition) is 2. The Bertz CT molecular complexity index is 980. The molecule has 2 aromatic carbocycles. The summed E-state index contributed by atoms with van der Waals surface area (Å²) in [6.07, 6.45) is 0. The van der Waals surface area contributed by atoms with Crippen molar-refractivity contribution in [2.24, 2.45) is 4.99 Å². The van der Waals surface area contributed by atoms with Gasteiger partial charge in [-0.05, 0) is 35.7 Å². The molecule has 3 aromatic rings. The number of nitrogens with one attached hydrogen (secondary N) is 1. The first-order chi connectivity index (χ1) is 11.1. The number of para-hydroxylation sites is 1. The first-order valence-corrected chi connectivity index (χ1v) is 7.63. The van der Waals surface area contributed by atoms with E-state index in [1.165, 1.54) is 0 Å². The number of carbonyl (C=O) groups is 1. The summed E-state index contributed by atoms with van der Waals surface area (Å²) in [5.41, 5.74) is 3.98. The van der Waals surface area contributed by atoms with Crippen molar-refractivity contribution in [3.05, 3.63) is 59.2 Å². The van der Waals surface area contributed by atoms with Crippen LogP contribution in [0.4, 0.5) is 5.69 Å². The minimum atomic E-state index is -0.147. The first kappa shape index (κ1) is 13.8. The molecule has 0 saturated carbocycles. The summed E-state index contributed by atoms with van der Waals surface area (Å²) in [6, 6.07) is 13.2. The molecular weight excluding hydrogens is 288 g/mol. The zero-order valence-electron chi connectivity index (χ0n) is 12.9. The Morgan fingerprint density at radius 3 is 2.65 bits per heavy atom. The highest BCUT2D eigenvalue weighted by Crippen LogP contribution is 2.36. The maximum atomic E-state index is 12.7. The Morgan fingerprint density at radius 2 is 1.91 bits per heavy atom. The summed E-state index contributed by atoms with van der Waals surface area (Å²) >= 11 is 0. The Labute approximate surface area is 133 Å². The molecule has 0 amide bonds. The molecule has 0 radical (unpaired) electrons. The van der Waals surface area contributed by atoms with Gasteiger partial charge in [0.2, 0.25) is 5.78 Å². The summed E-state index contributed by atoms with van der Waals surface area (Å²) in [5.74, 6) is 0.204. The number of Topliss-reactive ketones (excluding diaryl/α,β-unsaturated/α-hetero) is 1. The molecule has 0 saturated heterocycles. The highest BCUT2D eigenvalue weighted by Gasteiger charge is 2.29. The number of aromatic hydroxyl groups is 1. The third-order valence-electron chi connectivity index (χ3n) is 4.30. The van der Waals surface area contributed by atoms with E-state index in [-0.39, 0.29) is 11.7 Å². The van der Waals surface area contributed by atoms with Gasteiger partial charge in [0.05, 0.1) is 11.3 Å². The van der Waals surface area contributed by atoms with Crippen LogP contribution in [0.1, 0.15) is 41.3 Å². The van der Waals surface area contributed by atoms with Crippen molar-refractivity contribution in [2.75, 3.05) is 0 Å². The molecule has 114 valence electrons. The first-order valence-electron chi connectivity index (χ1n) is 7.63. The van der Waals surface area contributed by atoms with Gasteiger partial charge in [0.1, 0.15) is 5.71 Å². The van der Waals surface area contributed by atoms with E-state index in [0.29, 0.717) is 28.4 Å². The van der Waals surface area contributed by atoms with Crippen molar-refractivity contribution in [1.29, 1.82) is 0 Å². The van der Waals surface area contributed by atoms with E-state index < -0.39 is 0 Å². The highest BCUT2D eigenvalue weighted by atomic mass is 16.3. The molecule has 1 aliphatic heterocycles. The zero-order valence-corrected chi connectivity index (χ0v) is 12.9. The highest BCUT2D eigenvalue weighted by molar-refractivity contribution is 6.56. The number of carbonyl (C=O) groups excluding carboxylic acids is 1. The van der Waals surface area contributed by atoms with E-state index >= 15 is 0 Å². The van der Waals surface area contributed by atoms with Gasteiger partial charge in [-0.15, -0.1) is 0 Å². The van der Waals surface area contributed by atoms with E-state index in [1.54, 1.807) is 6.07 Å². The molecule has 2 heterocycles. The summed E-state index contributed by atoms with van der Waals surface area (Å²) in [4.78, 5) is 20.0. The van der Waals surface area contributed by atoms with Gasteiger partial charge in [0, 0.05) is 16.5 Å². The van der Waals surface area contributed by atoms with E-state index in [9.17, 15) is 9.90 Å². The summed E-state index contributed by atoms with van der Waals surface area (Å²) in [5, 5.41) is 11.2. The number of rotatable bonds is 2. The van der Waals surface area contributed by atoms with Crippen molar-refractivity contribution < 1.29 is 9.90 Å². The largest absolute Gasteiger partial charge is 0.494 e. The fraction of sp³-hybridized carbons (Fsp3) is 0.158. The van der Waals surface area contributed by atoms with E-state index in [2.05, 4.69) is 23.8 Å². The van der Waals surface area contributed by atoms with Gasteiger partial charge in [-0.3, -0.25) is 4.79 Å². The van der Waals surface area contributed by atoms with Gasteiger partial charge < -0.3 is 10.1 Å². The summed E-state index contributed by atoms with van der Waals surface area (Å²) in [7, 11) is 0. The van der Waals surface area contributed by atoms with E-state index in [0.717, 1.165) is 16.5 Å². The van der Waals surface area contributed by atoms with Gasteiger partial charge in [-0.25, -0.2) is 4.99 Å². The molecule has 1 aromatic heterocycles. The van der Waals surface area contributed by atoms with Crippen LogP contribution in [-0.4, -0.2) is 21.6 Å². The van der Waals surface area contributed by atoms with Gasteiger partial charge in [0.15, 0.2) is 5.88 Å². The number of nitrogens with zero attached hydrogens (tertiary/aromatic N) is 1. The minimum absolute atomic E-state index is 0.0131. The number of benzene rings is 2. The van der Waals surface area contributed by atoms with Crippen LogP contribution in [0.2, 0.25) is 0 Å². The topological polar surface area (TPSA) is 65.4 Å². The molecule has 0 unspecified atom stereocenters. The lowest BCUT2D eigenvalue weighted by molar-refractivity contribution is 0.107. The monoisotopic (exact) mass is 304 g/mol. The smallest absolute Gasteiger partial charge is 0.214 e. The molecule has 2 N–H and O–H groups in total. The van der Waals surface area contributed by atoms with E-state index in [4.69, 9.17) is 0 Å². The lowest BCUT2D eigenvalue weighted by Crippen LogP contribution is -2.10. The Kier molecular flexibility index (Phi) is 2.88. The maximum Gasteiger partial charge on any atom is 0.214 e. The van der Waals surface area contributed by atoms with Gasteiger partial charge >= 0.3 is 0 Å². The summed E-state index contributed by atoms with van der Waals surface area (Å²) in [6.45, 7) is 4.23. The minimum Gasteiger partial charge on any atom is -0.494 e. The molecule has 0 spiro atoms. The van der Waals surface area contributed by atoms with Crippen LogP contribution in [0.25, 0.3) is 10.9 Å². The molecule has 0 fully saturated rings. The molecule has 23 heavy (non-hydrogen) atoms. The Hall–Kier alpha value is -2.88. The lowest BCUT2D eigenvalue weighted by atomic mass is 9.97. The fourth-order valence-electron chi connectivity index (χ4n) is 3.03. The Morgan fingerprint density at radius 1 is 1.13 bits per heavy atom. The van der Waals surface area contributed by atoms with Crippen LogP contribution in [-0.2, 0) is 0 Å². The fourth-order valence-corrected chi connectivity index (χ4v) is 3.03. The molecule has 4 heteroatoms. The number of aromatic nitrogens is 1. The second-order valence-corrected chi connectivity index (χ2v) is 6.12. The normalized spacial score (nSPS) is 13.7. The molecule has 0 bridgehead atoms. The van der Waals surface area contributed by atoms with Crippen molar-refractivity contribution >= 4 is 28.1 Å². The van der Waals surface area contributed by atoms with Crippen LogP contribution >= 0.6 is 0 Å². The quantitative estimate of drug-likeness (QED) is 0.740. The average molecular weight is 304 g/mol. The van der Waals surface area contributed by atoms with Gasteiger partial charge in [0.25, 0.3) is 0 Å². The third kappa shape index (κ3) is 1.99. The number of fused-ring (bicyclic) bond motifs is 2. The molecule has 4 nitrogen and oxygen atoms in total. The van der Waals surface area contributed by atoms with Crippen molar-refractivity contribution in [3.63, 3.8) is 0 Å². The molecule has 0 atom stereocenters. The predicted octanol–water partition coefficient (Wildman–Crippen LogP) is 4.31. The Balaban J connectivity index is 1.95. The average Bonchev–Trinajstić information content (AvgIpc) is 3.03. The molecule has 1 aliphatic rings.